The molecule has 0 aromatic heterocycles. The second-order valence-corrected chi connectivity index (χ2v) is 6.22. The summed E-state index contributed by atoms with van der Waals surface area (Å²) < 4.78 is 20.4. The van der Waals surface area contributed by atoms with Gasteiger partial charge in [0.2, 0.25) is 0 Å². The van der Waals surface area contributed by atoms with Gasteiger partial charge in [-0.05, 0) is 0 Å². The van der Waals surface area contributed by atoms with Crippen LogP contribution in [0.3, 0.4) is 0 Å². The predicted octanol–water partition coefficient (Wildman–Crippen LogP) is -2.78. The minimum atomic E-state index is -4.74. The Balaban J connectivity index is 1.73. The number of carbonyl (C=O) groups is 1. The van der Waals surface area contributed by atoms with Gasteiger partial charge in [0, 0.05) is 0 Å². The molecule has 0 bridgehead atoms. The lowest BCUT2D eigenvalue weighted by molar-refractivity contribution is -0.117. The maximum atomic E-state index is 11.6. The molecule has 5 unspecified atom stereocenters. The second-order valence-electron chi connectivity index (χ2n) is 4.98. The number of hydrogen-bond donors (Lipinski definition) is 4. The van der Waals surface area contributed by atoms with Crippen LogP contribution in [0.5, 0.6) is 0 Å². The number of phosphoric acid groups is 1. The second kappa shape index (κ2) is 5.83. The first-order valence-electron chi connectivity index (χ1n) is 6.45. The summed E-state index contributed by atoms with van der Waals surface area (Å²) in [6.07, 6.45) is -2.93. The molecule has 1 amide bonds. The molecule has 3 aliphatic rings. The highest BCUT2D eigenvalue weighted by molar-refractivity contribution is 7.46. The smallest absolute Gasteiger partial charge is 0.387 e. The molecule has 4 N–H and O–H groups in total. The van der Waals surface area contributed by atoms with Gasteiger partial charge in [-0.1, -0.05) is 0 Å². The highest BCUT2D eigenvalue weighted by Gasteiger charge is 2.49. The average molecular weight is 348 g/mol. The summed E-state index contributed by atoms with van der Waals surface area (Å²) in [5, 5.41) is 20.0. The Morgan fingerprint density at radius 1 is 1.35 bits per heavy atom. The predicted molar refractivity (Wildman–Crippen MR) is 73.7 cm³/mol. The van der Waals surface area contributed by atoms with Crippen molar-refractivity contribution in [2.24, 2.45) is 15.0 Å². The first kappa shape index (κ1) is 16.3. The van der Waals surface area contributed by atoms with E-state index in [0.29, 0.717) is 0 Å². The van der Waals surface area contributed by atoms with Crippen molar-refractivity contribution in [1.29, 1.82) is 0 Å². The molecule has 23 heavy (non-hydrogen) atoms. The van der Waals surface area contributed by atoms with Gasteiger partial charge >= 0.3 is 7.82 Å². The van der Waals surface area contributed by atoms with Crippen molar-refractivity contribution in [3.8, 4) is 0 Å². The fourth-order valence-corrected chi connectivity index (χ4v) is 2.74. The molecule has 1 fully saturated rings. The number of aliphatic hydroxyl groups excluding tert-OH is 2. The Bertz CT molecular complexity index is 645. The van der Waals surface area contributed by atoms with E-state index in [1.165, 1.54) is 11.2 Å². The number of phosphoric ester groups is 1. The van der Waals surface area contributed by atoms with E-state index in [1.807, 2.05) is 0 Å². The molecule has 126 valence electrons. The van der Waals surface area contributed by atoms with Gasteiger partial charge in [-0.15, -0.1) is 0 Å². The molecule has 0 radical (unpaired) electrons. The van der Waals surface area contributed by atoms with E-state index in [4.69, 9.17) is 14.5 Å². The van der Waals surface area contributed by atoms with E-state index < -0.39 is 50.9 Å². The highest BCUT2D eigenvalue weighted by Crippen LogP contribution is 2.37. The average Bonchev–Trinajstić information content (AvgIpc) is 3.01. The van der Waals surface area contributed by atoms with Gasteiger partial charge in [0.05, 0.1) is 12.9 Å². The van der Waals surface area contributed by atoms with Gasteiger partial charge in [0.15, 0.2) is 12.3 Å². The quantitative estimate of drug-likeness (QED) is 0.392. The lowest BCUT2D eigenvalue weighted by atomic mass is 10.1. The van der Waals surface area contributed by atoms with E-state index in [9.17, 15) is 19.6 Å². The van der Waals surface area contributed by atoms with Gasteiger partial charge in [-0.2, -0.15) is 4.99 Å². The summed E-state index contributed by atoms with van der Waals surface area (Å²) in [5.41, 5.74) is 0. The zero-order valence-corrected chi connectivity index (χ0v) is 12.3. The van der Waals surface area contributed by atoms with Crippen LogP contribution in [0.15, 0.2) is 15.0 Å². The van der Waals surface area contributed by atoms with Crippen molar-refractivity contribution in [2.75, 3.05) is 6.61 Å². The minimum absolute atomic E-state index is 0.179. The molecule has 3 heterocycles. The molecule has 3 aliphatic heterocycles. The third kappa shape index (κ3) is 3.10. The topological polar surface area (TPSA) is 174 Å². The molecule has 0 aliphatic carbocycles. The maximum Gasteiger partial charge on any atom is 0.469 e. The number of ether oxygens (including phenoxy) is 1. The number of amides is 1. The van der Waals surface area contributed by atoms with Crippen molar-refractivity contribution >= 4 is 32.2 Å². The number of hydrogen-bond acceptors (Lipinski definition) is 9. The molecule has 13 heteroatoms. The van der Waals surface area contributed by atoms with Crippen LogP contribution in [0.4, 0.5) is 0 Å². The fraction of sp³-hybridized carbons (Fsp3) is 0.600. The summed E-state index contributed by atoms with van der Waals surface area (Å²) in [4.78, 5) is 41.5. The number of rotatable bonds is 4. The normalized spacial score (nSPS) is 36.5. The summed E-state index contributed by atoms with van der Waals surface area (Å²) in [5.74, 6) is -0.346. The molecular weight excluding hydrogens is 335 g/mol. The van der Waals surface area contributed by atoms with Gasteiger partial charge in [0.25, 0.3) is 5.91 Å². The first-order valence-corrected chi connectivity index (χ1v) is 7.98. The minimum Gasteiger partial charge on any atom is -0.387 e. The number of aliphatic imine (C=N–C) groups is 3. The SMILES string of the molecule is O=C1N=CN=C2C1N=CN2C1OC(COP(=O)(O)O)C(O)C1O. The molecule has 0 aromatic rings. The number of amidine groups is 1. The third-order valence-electron chi connectivity index (χ3n) is 3.48. The van der Waals surface area contributed by atoms with E-state index in [2.05, 4.69) is 19.5 Å². The van der Waals surface area contributed by atoms with E-state index >= 15 is 0 Å². The van der Waals surface area contributed by atoms with Crippen LogP contribution < -0.4 is 0 Å². The number of aliphatic hydroxyl groups is 2. The van der Waals surface area contributed by atoms with E-state index in [0.717, 1.165) is 6.34 Å². The number of nitrogens with zero attached hydrogens (tertiary/aromatic N) is 4. The Hall–Kier alpha value is -1.53. The monoisotopic (exact) mass is 348 g/mol. The van der Waals surface area contributed by atoms with Crippen LogP contribution in [0.2, 0.25) is 0 Å². The molecule has 12 nitrogen and oxygen atoms in total. The van der Waals surface area contributed by atoms with Crippen molar-refractivity contribution in [1.82, 2.24) is 4.90 Å². The Labute approximate surface area is 129 Å². The number of fused-ring (bicyclic) bond motifs is 1. The summed E-state index contributed by atoms with van der Waals surface area (Å²) in [6, 6.07) is -0.932. The molecule has 0 spiro atoms. The van der Waals surface area contributed by atoms with Crippen LogP contribution in [-0.4, -0.2) is 86.5 Å². The van der Waals surface area contributed by atoms with E-state index in [-0.39, 0.29) is 5.84 Å². The zero-order valence-electron chi connectivity index (χ0n) is 11.4. The van der Waals surface area contributed by atoms with Gasteiger partial charge in [0.1, 0.15) is 30.5 Å². The fourth-order valence-electron chi connectivity index (χ4n) is 2.40. The molecule has 5 atom stereocenters. The van der Waals surface area contributed by atoms with Crippen LogP contribution in [0, 0.1) is 0 Å². The van der Waals surface area contributed by atoms with Crippen LogP contribution >= 0.6 is 7.82 Å². The van der Waals surface area contributed by atoms with Crippen molar-refractivity contribution in [2.45, 2.75) is 30.6 Å². The Morgan fingerprint density at radius 3 is 2.78 bits per heavy atom. The Morgan fingerprint density at radius 2 is 2.09 bits per heavy atom. The van der Waals surface area contributed by atoms with Crippen LogP contribution in [0.25, 0.3) is 0 Å². The summed E-state index contributed by atoms with van der Waals surface area (Å²) in [7, 11) is -4.74. The van der Waals surface area contributed by atoms with E-state index in [1.54, 1.807) is 0 Å². The van der Waals surface area contributed by atoms with Crippen molar-refractivity contribution in [3.05, 3.63) is 0 Å². The highest BCUT2D eigenvalue weighted by atomic mass is 31.2. The maximum absolute atomic E-state index is 11.6. The van der Waals surface area contributed by atoms with Crippen molar-refractivity contribution in [3.63, 3.8) is 0 Å². The third-order valence-corrected chi connectivity index (χ3v) is 3.96. The van der Waals surface area contributed by atoms with Gasteiger partial charge in [-0.25, -0.2) is 9.56 Å². The molecule has 1 saturated heterocycles. The first-order chi connectivity index (χ1) is 10.8. The number of carbonyl (C=O) groups excluding carboxylic acids is 1. The molecule has 0 aromatic carbocycles. The van der Waals surface area contributed by atoms with Gasteiger partial charge < -0.3 is 24.7 Å². The summed E-state index contributed by atoms with van der Waals surface area (Å²) in [6.45, 7) is -0.625. The molecular formula is C10H13N4O8P. The summed E-state index contributed by atoms with van der Waals surface area (Å²) >= 11 is 0. The Kier molecular flexibility index (Phi) is 4.14. The zero-order chi connectivity index (χ0) is 16.8. The van der Waals surface area contributed by atoms with Crippen LogP contribution in [0.1, 0.15) is 0 Å². The van der Waals surface area contributed by atoms with Crippen LogP contribution in [-0.2, 0) is 18.6 Å². The van der Waals surface area contributed by atoms with Crippen molar-refractivity contribution < 1.29 is 38.6 Å². The lowest BCUT2D eigenvalue weighted by Crippen LogP contribution is -2.48. The standard InChI is InChI=1S/C10H13N4O8P/c15-6-4(1-21-23(18,19)20)22-10(7(6)16)14-3-13-5-8(14)11-2-12-9(5)17/h2-7,10,15-16H,1H2,(H2,18,19,20). The van der Waals surface area contributed by atoms with Gasteiger partial charge in [-0.3, -0.25) is 19.2 Å². The lowest BCUT2D eigenvalue weighted by Gasteiger charge is -2.26. The molecule has 3 rings (SSSR count). The largest absolute Gasteiger partial charge is 0.469 e. The molecule has 0 saturated carbocycles.